The van der Waals surface area contributed by atoms with E-state index in [1.807, 2.05) is 38.1 Å². The Morgan fingerprint density at radius 1 is 0.846 bits per heavy atom. The van der Waals surface area contributed by atoms with Crippen LogP contribution in [0.4, 0.5) is 9.59 Å². The molecule has 4 N–H and O–H groups in total. The van der Waals surface area contributed by atoms with E-state index in [1.165, 1.54) is 0 Å². The van der Waals surface area contributed by atoms with E-state index in [0.29, 0.717) is 13.1 Å². The minimum absolute atomic E-state index is 0.154. The van der Waals surface area contributed by atoms with Crippen LogP contribution in [-0.4, -0.2) is 24.1 Å². The zero-order valence-electron chi connectivity index (χ0n) is 16.5. The molecule has 0 aliphatic carbocycles. The van der Waals surface area contributed by atoms with Crippen LogP contribution in [0.3, 0.4) is 0 Å². The molecular formula is C20H34N4O2. The van der Waals surface area contributed by atoms with Crippen LogP contribution in [0, 0.1) is 0 Å². The molecule has 0 saturated heterocycles. The topological polar surface area (TPSA) is 82.3 Å². The number of benzene rings is 1. The highest BCUT2D eigenvalue weighted by atomic mass is 16.2. The Morgan fingerprint density at radius 2 is 1.27 bits per heavy atom. The Balaban J connectivity index is 2.40. The first kappa shape index (κ1) is 21.8. The van der Waals surface area contributed by atoms with E-state index in [9.17, 15) is 9.59 Å². The second-order valence-corrected chi connectivity index (χ2v) is 6.85. The molecule has 2 atom stereocenters. The molecule has 0 aromatic heterocycles. The first-order chi connectivity index (χ1) is 12.4. The Kier molecular flexibility index (Phi) is 10.2. The van der Waals surface area contributed by atoms with Crippen molar-refractivity contribution in [1.29, 1.82) is 0 Å². The first-order valence-electron chi connectivity index (χ1n) is 9.61. The fraction of sp³-hybridized carbons (Fsp3) is 0.600. The average Bonchev–Trinajstić information content (AvgIpc) is 2.59. The van der Waals surface area contributed by atoms with Gasteiger partial charge in [0.1, 0.15) is 0 Å². The quantitative estimate of drug-likeness (QED) is 0.512. The summed E-state index contributed by atoms with van der Waals surface area (Å²) in [5.74, 6) is 0. The maximum Gasteiger partial charge on any atom is 0.315 e. The summed E-state index contributed by atoms with van der Waals surface area (Å²) in [6, 6.07) is 7.88. The summed E-state index contributed by atoms with van der Waals surface area (Å²) in [5.41, 5.74) is 2.00. The first-order valence-corrected chi connectivity index (χ1v) is 9.61. The third-order valence-corrected chi connectivity index (χ3v) is 4.10. The van der Waals surface area contributed by atoms with Crippen molar-refractivity contribution < 1.29 is 9.59 Å². The summed E-state index contributed by atoms with van der Waals surface area (Å²) in [6.07, 6.45) is 4.02. The van der Waals surface area contributed by atoms with Crippen LogP contribution in [0.1, 0.15) is 64.5 Å². The second kappa shape index (κ2) is 12.2. The number of carbonyl (C=O) groups is 2. The molecule has 26 heavy (non-hydrogen) atoms. The molecule has 0 radical (unpaired) electrons. The lowest BCUT2D eigenvalue weighted by Crippen LogP contribution is -2.40. The third kappa shape index (κ3) is 9.30. The van der Waals surface area contributed by atoms with E-state index in [0.717, 1.165) is 36.8 Å². The van der Waals surface area contributed by atoms with E-state index in [2.05, 4.69) is 35.1 Å². The molecule has 146 valence electrons. The van der Waals surface area contributed by atoms with Crippen molar-refractivity contribution in [2.75, 3.05) is 0 Å². The van der Waals surface area contributed by atoms with Gasteiger partial charge in [0.15, 0.2) is 0 Å². The summed E-state index contributed by atoms with van der Waals surface area (Å²) in [7, 11) is 0. The van der Waals surface area contributed by atoms with E-state index < -0.39 is 0 Å². The van der Waals surface area contributed by atoms with Crippen LogP contribution in [0.5, 0.6) is 0 Å². The van der Waals surface area contributed by atoms with Crippen molar-refractivity contribution in [3.63, 3.8) is 0 Å². The molecule has 4 amide bonds. The van der Waals surface area contributed by atoms with E-state index in [1.54, 1.807) is 0 Å². The lowest BCUT2D eigenvalue weighted by molar-refractivity contribution is 0.236. The highest BCUT2D eigenvalue weighted by Crippen LogP contribution is 2.05. The normalized spacial score (nSPS) is 12.8. The van der Waals surface area contributed by atoms with Gasteiger partial charge in [0.25, 0.3) is 0 Å². The number of urea groups is 2. The average molecular weight is 363 g/mol. The highest BCUT2D eigenvalue weighted by molar-refractivity contribution is 5.74. The van der Waals surface area contributed by atoms with Gasteiger partial charge < -0.3 is 21.3 Å². The van der Waals surface area contributed by atoms with Crippen molar-refractivity contribution in [1.82, 2.24) is 21.3 Å². The standard InChI is InChI=1S/C20H34N4O2/c1-5-8-15(3)23-19(25)21-13-17-10-7-11-18(12-17)14-22-20(26)24-16(4)9-6-2/h7,10-12,15-16H,5-6,8-9,13-14H2,1-4H3,(H2,21,23,25)(H2,22,24,26)/t15-,16-/m0/s1. The fourth-order valence-electron chi connectivity index (χ4n) is 2.77. The van der Waals surface area contributed by atoms with Crippen LogP contribution in [0.15, 0.2) is 24.3 Å². The molecule has 1 rings (SSSR count). The molecule has 1 aromatic carbocycles. The predicted molar refractivity (Wildman–Crippen MR) is 106 cm³/mol. The van der Waals surface area contributed by atoms with Crippen molar-refractivity contribution in [2.24, 2.45) is 0 Å². The number of nitrogens with one attached hydrogen (secondary N) is 4. The Labute approximate surface area is 157 Å². The third-order valence-electron chi connectivity index (χ3n) is 4.10. The lowest BCUT2D eigenvalue weighted by Gasteiger charge is -2.15. The van der Waals surface area contributed by atoms with Crippen LogP contribution < -0.4 is 21.3 Å². The zero-order valence-corrected chi connectivity index (χ0v) is 16.5. The van der Waals surface area contributed by atoms with Gasteiger partial charge in [-0.3, -0.25) is 0 Å². The molecule has 6 heteroatoms. The van der Waals surface area contributed by atoms with Gasteiger partial charge in [0.05, 0.1) is 0 Å². The van der Waals surface area contributed by atoms with Crippen LogP contribution >= 0.6 is 0 Å². The summed E-state index contributed by atoms with van der Waals surface area (Å²) in [6.45, 7) is 9.11. The molecule has 0 bridgehead atoms. The fourth-order valence-corrected chi connectivity index (χ4v) is 2.77. The van der Waals surface area contributed by atoms with E-state index >= 15 is 0 Å². The smallest absolute Gasteiger partial charge is 0.315 e. The summed E-state index contributed by atoms with van der Waals surface area (Å²) < 4.78 is 0. The van der Waals surface area contributed by atoms with E-state index in [4.69, 9.17) is 0 Å². The Hall–Kier alpha value is -2.24. The zero-order chi connectivity index (χ0) is 19.4. The van der Waals surface area contributed by atoms with Gasteiger partial charge in [0.2, 0.25) is 0 Å². The number of rotatable bonds is 10. The van der Waals surface area contributed by atoms with Gasteiger partial charge >= 0.3 is 12.1 Å². The molecule has 6 nitrogen and oxygen atoms in total. The lowest BCUT2D eigenvalue weighted by atomic mass is 10.1. The molecular weight excluding hydrogens is 328 g/mol. The number of carbonyl (C=O) groups excluding carboxylic acids is 2. The number of hydrogen-bond donors (Lipinski definition) is 4. The molecule has 0 aliphatic heterocycles. The van der Waals surface area contributed by atoms with Crippen LogP contribution in [0.2, 0.25) is 0 Å². The van der Waals surface area contributed by atoms with Gasteiger partial charge in [-0.2, -0.15) is 0 Å². The summed E-state index contributed by atoms with van der Waals surface area (Å²) >= 11 is 0. The molecule has 0 spiro atoms. The minimum Gasteiger partial charge on any atom is -0.336 e. The summed E-state index contributed by atoms with van der Waals surface area (Å²) in [5, 5.41) is 11.6. The van der Waals surface area contributed by atoms with Gasteiger partial charge in [-0.15, -0.1) is 0 Å². The van der Waals surface area contributed by atoms with E-state index in [-0.39, 0.29) is 24.1 Å². The molecule has 0 unspecified atom stereocenters. The molecule has 0 heterocycles. The molecule has 0 fully saturated rings. The summed E-state index contributed by atoms with van der Waals surface area (Å²) in [4.78, 5) is 23.7. The highest BCUT2D eigenvalue weighted by Gasteiger charge is 2.07. The van der Waals surface area contributed by atoms with Crippen molar-refractivity contribution in [3.8, 4) is 0 Å². The predicted octanol–water partition coefficient (Wildman–Crippen LogP) is 3.66. The monoisotopic (exact) mass is 362 g/mol. The molecule has 1 aromatic rings. The Morgan fingerprint density at radius 3 is 1.65 bits per heavy atom. The maximum atomic E-state index is 11.9. The van der Waals surface area contributed by atoms with Crippen molar-refractivity contribution in [2.45, 2.75) is 78.6 Å². The number of hydrogen-bond acceptors (Lipinski definition) is 2. The van der Waals surface area contributed by atoms with Crippen LogP contribution in [-0.2, 0) is 13.1 Å². The largest absolute Gasteiger partial charge is 0.336 e. The molecule has 0 aliphatic rings. The second-order valence-electron chi connectivity index (χ2n) is 6.85. The maximum absolute atomic E-state index is 11.9. The SMILES string of the molecule is CCC[C@H](C)NC(=O)NCc1cccc(CNC(=O)N[C@@H](C)CCC)c1. The van der Waals surface area contributed by atoms with Crippen LogP contribution in [0.25, 0.3) is 0 Å². The number of amides is 4. The Bertz CT molecular complexity index is 517. The van der Waals surface area contributed by atoms with Gasteiger partial charge in [0, 0.05) is 25.2 Å². The van der Waals surface area contributed by atoms with Gasteiger partial charge in [-0.1, -0.05) is 51.0 Å². The molecule has 0 saturated carbocycles. The van der Waals surface area contributed by atoms with Gasteiger partial charge in [-0.25, -0.2) is 9.59 Å². The van der Waals surface area contributed by atoms with Crippen molar-refractivity contribution in [3.05, 3.63) is 35.4 Å². The van der Waals surface area contributed by atoms with Crippen molar-refractivity contribution >= 4 is 12.1 Å². The minimum atomic E-state index is -0.154. The van der Waals surface area contributed by atoms with Gasteiger partial charge in [-0.05, 0) is 37.8 Å².